The molecule has 12 nitrogen and oxygen atoms in total. The average molecular weight is 807 g/mol. The Balaban J connectivity index is 1.67. The highest BCUT2D eigenvalue weighted by atomic mass is 32.1. The number of carbonyl (C=O) groups is 5. The number of alkyl halides is 3. The molecule has 2 unspecified atom stereocenters. The van der Waals surface area contributed by atoms with Gasteiger partial charge in [-0.1, -0.05) is 43.3 Å². The second-order valence-corrected chi connectivity index (χ2v) is 13.0. The van der Waals surface area contributed by atoms with Gasteiger partial charge in [0.15, 0.2) is 11.6 Å². The van der Waals surface area contributed by atoms with E-state index in [9.17, 15) is 42.3 Å². The highest BCUT2D eigenvalue weighted by Crippen LogP contribution is 2.36. The van der Waals surface area contributed by atoms with Crippen LogP contribution in [0.25, 0.3) is 11.1 Å². The number of amides is 2. The fraction of sp³-hybridized carbons (Fsp3) is 0.289. The minimum Gasteiger partial charge on any atom is -0.480 e. The first-order chi connectivity index (χ1) is 26.5. The molecule has 0 saturated carbocycles. The molecule has 0 saturated heterocycles. The van der Waals surface area contributed by atoms with E-state index >= 15 is 8.78 Å². The lowest BCUT2D eigenvalue weighted by Gasteiger charge is -2.27. The van der Waals surface area contributed by atoms with E-state index in [0.717, 1.165) is 35.6 Å². The first-order valence-corrected chi connectivity index (χ1v) is 17.6. The number of halogens is 5. The topological polar surface area (TPSA) is 167 Å². The first-order valence-electron chi connectivity index (χ1n) is 16.7. The van der Waals surface area contributed by atoms with E-state index in [4.69, 9.17) is 18.9 Å². The molecule has 1 heterocycles. The lowest BCUT2D eigenvalue weighted by Crippen LogP contribution is -2.49. The Morgan fingerprint density at radius 3 is 2.25 bits per heavy atom. The van der Waals surface area contributed by atoms with Crippen molar-refractivity contribution in [3.63, 3.8) is 0 Å². The molecule has 3 aromatic carbocycles. The Morgan fingerprint density at radius 2 is 1.64 bits per heavy atom. The van der Waals surface area contributed by atoms with E-state index in [0.29, 0.717) is 12.5 Å². The van der Waals surface area contributed by atoms with Crippen molar-refractivity contribution in [3.05, 3.63) is 105 Å². The number of anilines is 1. The maximum absolute atomic E-state index is 16.2. The minimum absolute atomic E-state index is 0.0847. The number of benzene rings is 3. The van der Waals surface area contributed by atoms with Gasteiger partial charge >= 0.3 is 24.3 Å². The molecule has 0 spiro atoms. The maximum Gasteiger partial charge on any atom is 0.514 e. The van der Waals surface area contributed by atoms with Crippen LogP contribution in [0.4, 0.5) is 32.4 Å². The van der Waals surface area contributed by atoms with Crippen LogP contribution < -0.4 is 15.4 Å². The molecule has 18 heteroatoms. The third kappa shape index (κ3) is 9.86. The summed E-state index contributed by atoms with van der Waals surface area (Å²) in [5.41, 5.74) is -5.07. The maximum atomic E-state index is 16.2. The molecule has 0 aliphatic heterocycles. The number of esters is 1. The monoisotopic (exact) mass is 806 g/mol. The highest BCUT2D eigenvalue weighted by Gasteiger charge is 2.53. The van der Waals surface area contributed by atoms with Crippen LogP contribution >= 0.6 is 11.3 Å². The lowest BCUT2D eigenvalue weighted by molar-refractivity contribution is -0.167. The summed E-state index contributed by atoms with van der Waals surface area (Å²) in [7, 11) is 1.40. The van der Waals surface area contributed by atoms with Crippen LogP contribution in [0.3, 0.4) is 0 Å². The fourth-order valence-corrected chi connectivity index (χ4v) is 6.03. The molecule has 0 radical (unpaired) electrons. The summed E-state index contributed by atoms with van der Waals surface area (Å²) in [5.74, 6) is -10.1. The van der Waals surface area contributed by atoms with Crippen LogP contribution in [0.1, 0.15) is 57.8 Å². The summed E-state index contributed by atoms with van der Waals surface area (Å²) in [6.45, 7) is 2.06. The van der Waals surface area contributed by atoms with E-state index in [2.05, 4.69) is 10.6 Å². The van der Waals surface area contributed by atoms with Crippen molar-refractivity contribution in [3.8, 4) is 16.9 Å². The van der Waals surface area contributed by atoms with Crippen LogP contribution in [-0.2, 0) is 35.4 Å². The van der Waals surface area contributed by atoms with E-state index < -0.39 is 88.4 Å². The number of hydrogen-bond acceptors (Lipinski definition) is 10. The third-order valence-corrected chi connectivity index (χ3v) is 9.32. The van der Waals surface area contributed by atoms with Gasteiger partial charge < -0.3 is 34.7 Å². The van der Waals surface area contributed by atoms with E-state index in [-0.39, 0.29) is 41.1 Å². The Kier molecular flexibility index (Phi) is 14.3. The molecule has 2 atom stereocenters. The minimum atomic E-state index is -4.62. The molecule has 4 rings (SSSR count). The molecule has 56 heavy (non-hydrogen) atoms. The smallest absolute Gasteiger partial charge is 0.480 e. The SMILES string of the molecule is CCC(C)OC(=O)C(COC(=O)Oc1c(F)cc(NC(=O)c2ccccc2-c2ccc(C(F)(F)F)cc2)c(C(=O)NCCCOC)c1F)(C(=O)O)c1cccs1. The summed E-state index contributed by atoms with van der Waals surface area (Å²) in [5, 5.41) is 16.3. The Hall–Kier alpha value is -5.88. The van der Waals surface area contributed by atoms with Gasteiger partial charge in [-0.3, -0.25) is 19.2 Å². The van der Waals surface area contributed by atoms with Crippen molar-refractivity contribution in [1.29, 1.82) is 0 Å². The summed E-state index contributed by atoms with van der Waals surface area (Å²) in [6.07, 6.45) is -6.65. The van der Waals surface area contributed by atoms with Crippen molar-refractivity contribution in [2.24, 2.45) is 0 Å². The number of hydrogen-bond donors (Lipinski definition) is 3. The molecule has 1 aromatic heterocycles. The van der Waals surface area contributed by atoms with Gasteiger partial charge in [-0.25, -0.2) is 13.6 Å². The van der Waals surface area contributed by atoms with Crippen LogP contribution in [0.2, 0.25) is 0 Å². The summed E-state index contributed by atoms with van der Waals surface area (Å²) < 4.78 is 91.2. The highest BCUT2D eigenvalue weighted by molar-refractivity contribution is 7.10. The van der Waals surface area contributed by atoms with Crippen LogP contribution in [0.15, 0.2) is 72.1 Å². The second kappa shape index (κ2) is 18.6. The zero-order valence-electron chi connectivity index (χ0n) is 30.0. The number of carboxylic acids is 1. The van der Waals surface area contributed by atoms with Gasteiger partial charge in [0.1, 0.15) is 12.2 Å². The standard InChI is InChI=1S/C38H35F5N2O10S/c1-4-21(2)54-35(50)37(34(48)49,28-11-7-18-56-28)20-53-36(51)55-31-26(39)19-27(29(30(31)40)33(47)44-16-8-17-52-3)45-32(46)25-10-6-5-9-24(25)22-12-14-23(15-13-22)38(41,42)43/h5-7,9-15,18-19,21H,4,8,16-17,20H2,1-3H3,(H,44,47)(H,45,46)(H,48,49). The van der Waals surface area contributed by atoms with Gasteiger partial charge in [0.25, 0.3) is 11.8 Å². The van der Waals surface area contributed by atoms with E-state index in [1.165, 1.54) is 55.8 Å². The fourth-order valence-electron chi connectivity index (χ4n) is 5.14. The van der Waals surface area contributed by atoms with Crippen molar-refractivity contribution in [2.45, 2.75) is 44.4 Å². The third-order valence-electron chi connectivity index (χ3n) is 8.29. The average Bonchev–Trinajstić information content (AvgIpc) is 3.70. The van der Waals surface area contributed by atoms with E-state index in [1.807, 2.05) is 0 Å². The molecular weight excluding hydrogens is 771 g/mol. The molecule has 0 bridgehead atoms. The molecule has 0 fully saturated rings. The number of carboxylic acid groups (broad SMARTS) is 1. The predicted molar refractivity (Wildman–Crippen MR) is 191 cm³/mol. The van der Waals surface area contributed by atoms with Crippen molar-refractivity contribution in [2.75, 3.05) is 32.2 Å². The summed E-state index contributed by atoms with van der Waals surface area (Å²) in [4.78, 5) is 65.5. The number of ether oxygens (including phenoxy) is 4. The molecule has 298 valence electrons. The largest absolute Gasteiger partial charge is 0.514 e. The quantitative estimate of drug-likeness (QED) is 0.0337. The van der Waals surface area contributed by atoms with Gasteiger partial charge in [0.05, 0.1) is 17.4 Å². The number of carbonyl (C=O) groups excluding carboxylic acids is 4. The summed E-state index contributed by atoms with van der Waals surface area (Å²) in [6, 6.07) is 12.7. The molecule has 0 aliphatic rings. The van der Waals surface area contributed by atoms with Crippen molar-refractivity contribution >= 4 is 46.9 Å². The van der Waals surface area contributed by atoms with Crippen LogP contribution in [-0.4, -0.2) is 68.0 Å². The molecule has 4 aromatic rings. The Labute approximate surface area is 320 Å². The second-order valence-electron chi connectivity index (χ2n) is 12.1. The van der Waals surface area contributed by atoms with Crippen molar-refractivity contribution < 1.29 is 70.0 Å². The van der Waals surface area contributed by atoms with Gasteiger partial charge in [-0.15, -0.1) is 11.3 Å². The number of nitrogens with one attached hydrogen (secondary N) is 2. The Bertz CT molecular complexity index is 2060. The zero-order valence-corrected chi connectivity index (χ0v) is 30.8. The summed E-state index contributed by atoms with van der Waals surface area (Å²) >= 11 is 0.840. The van der Waals surface area contributed by atoms with Gasteiger partial charge in [-0.2, -0.15) is 13.2 Å². The Morgan fingerprint density at radius 1 is 0.946 bits per heavy atom. The lowest BCUT2D eigenvalue weighted by atomic mass is 9.87. The molecule has 3 N–H and O–H groups in total. The molecular formula is C38H35F5N2O10S. The molecule has 2 amide bonds. The molecule has 0 aliphatic carbocycles. The van der Waals surface area contributed by atoms with Crippen molar-refractivity contribution in [1.82, 2.24) is 5.32 Å². The van der Waals surface area contributed by atoms with Gasteiger partial charge in [0.2, 0.25) is 11.2 Å². The van der Waals surface area contributed by atoms with Gasteiger partial charge in [-0.05, 0) is 60.5 Å². The zero-order chi connectivity index (χ0) is 41.2. The number of aliphatic carboxylic acids is 1. The predicted octanol–water partition coefficient (Wildman–Crippen LogP) is 7.61. The first kappa shape index (κ1) is 42.9. The van der Waals surface area contributed by atoms with Crippen LogP contribution in [0, 0.1) is 11.6 Å². The van der Waals surface area contributed by atoms with Gasteiger partial charge in [0, 0.05) is 36.8 Å². The van der Waals surface area contributed by atoms with Crippen LogP contribution in [0.5, 0.6) is 5.75 Å². The number of methoxy groups -OCH3 is 1. The van der Waals surface area contributed by atoms with E-state index in [1.54, 1.807) is 6.92 Å². The normalized spacial score (nSPS) is 12.9. The number of thiophene rings is 1. The number of rotatable bonds is 16.